The molecule has 1 aromatic rings. The Labute approximate surface area is 88.9 Å². The first-order valence-electron chi connectivity index (χ1n) is 5.34. The normalized spacial score (nSPS) is 18.6. The second-order valence-corrected chi connectivity index (χ2v) is 4.38. The number of nitrogens with two attached hydrogens (primary N) is 1. The molecule has 0 aliphatic heterocycles. The number of hydrogen-bond acceptors (Lipinski definition) is 2. The third kappa shape index (κ3) is 1.84. The van der Waals surface area contributed by atoms with Crippen LogP contribution in [0.4, 0.5) is 4.39 Å². The Bertz CT molecular complexity index is 374. The van der Waals surface area contributed by atoms with E-state index in [0.29, 0.717) is 17.0 Å². The zero-order valence-corrected chi connectivity index (χ0v) is 8.83. The van der Waals surface area contributed by atoms with E-state index in [2.05, 4.69) is 0 Å². The van der Waals surface area contributed by atoms with Gasteiger partial charge in [0.15, 0.2) is 0 Å². The van der Waals surface area contributed by atoms with Crippen LogP contribution in [0.5, 0.6) is 5.75 Å². The fraction of sp³-hybridized carbons (Fsp3) is 0.500. The molecular weight excluding hydrogens is 193 g/mol. The summed E-state index contributed by atoms with van der Waals surface area (Å²) in [6.07, 6.45) is 3.35. The number of phenols is 1. The zero-order chi connectivity index (χ0) is 11.0. The molecule has 3 N–H and O–H groups in total. The van der Waals surface area contributed by atoms with E-state index in [1.807, 2.05) is 0 Å². The van der Waals surface area contributed by atoms with E-state index < -0.39 is 0 Å². The van der Waals surface area contributed by atoms with Crippen LogP contribution in [0.2, 0.25) is 0 Å². The molecule has 1 aromatic carbocycles. The van der Waals surface area contributed by atoms with Gasteiger partial charge in [-0.25, -0.2) is 4.39 Å². The predicted octanol–water partition coefficient (Wildman–Crippen LogP) is 2.64. The van der Waals surface area contributed by atoms with Crippen LogP contribution in [0.15, 0.2) is 12.1 Å². The van der Waals surface area contributed by atoms with Gasteiger partial charge < -0.3 is 10.8 Å². The number of aromatic hydroxyl groups is 1. The smallest absolute Gasteiger partial charge is 0.124 e. The van der Waals surface area contributed by atoms with Gasteiger partial charge in [-0.15, -0.1) is 0 Å². The molecule has 3 heteroatoms. The van der Waals surface area contributed by atoms with E-state index in [0.717, 1.165) is 12.8 Å². The minimum Gasteiger partial charge on any atom is -0.507 e. The van der Waals surface area contributed by atoms with Crippen molar-refractivity contribution < 1.29 is 9.50 Å². The fourth-order valence-corrected chi connectivity index (χ4v) is 2.07. The molecule has 2 nitrogen and oxygen atoms in total. The molecule has 1 atom stereocenters. The third-order valence-corrected chi connectivity index (χ3v) is 3.31. The Balaban J connectivity index is 2.33. The molecule has 0 aromatic heterocycles. The van der Waals surface area contributed by atoms with Crippen molar-refractivity contribution in [1.29, 1.82) is 0 Å². The number of halogens is 1. The topological polar surface area (TPSA) is 46.2 Å². The molecule has 0 amide bonds. The molecule has 0 bridgehead atoms. The largest absolute Gasteiger partial charge is 0.507 e. The van der Waals surface area contributed by atoms with Gasteiger partial charge in [0, 0.05) is 11.6 Å². The monoisotopic (exact) mass is 209 g/mol. The van der Waals surface area contributed by atoms with Crippen molar-refractivity contribution in [2.24, 2.45) is 11.7 Å². The maximum atomic E-state index is 13.2. The lowest BCUT2D eigenvalue weighted by molar-refractivity contribution is 0.260. The van der Waals surface area contributed by atoms with Crippen molar-refractivity contribution in [2.45, 2.75) is 32.2 Å². The average Bonchev–Trinajstić information content (AvgIpc) is 2.08. The van der Waals surface area contributed by atoms with E-state index in [9.17, 15) is 9.50 Å². The fourth-order valence-electron chi connectivity index (χ4n) is 2.07. The summed E-state index contributed by atoms with van der Waals surface area (Å²) in [5.74, 6) is 0.225. The van der Waals surface area contributed by atoms with Crippen molar-refractivity contribution in [3.05, 3.63) is 29.1 Å². The van der Waals surface area contributed by atoms with E-state index in [-0.39, 0.29) is 17.6 Å². The summed E-state index contributed by atoms with van der Waals surface area (Å²) in [4.78, 5) is 0. The lowest BCUT2D eigenvalue weighted by Crippen LogP contribution is -2.27. The maximum Gasteiger partial charge on any atom is 0.124 e. The van der Waals surface area contributed by atoms with Crippen LogP contribution in [0, 0.1) is 18.7 Å². The summed E-state index contributed by atoms with van der Waals surface area (Å²) < 4.78 is 13.2. The van der Waals surface area contributed by atoms with Crippen LogP contribution in [0.3, 0.4) is 0 Å². The minimum absolute atomic E-state index is 0.149. The number of rotatable bonds is 2. The molecule has 0 spiro atoms. The van der Waals surface area contributed by atoms with Crippen molar-refractivity contribution >= 4 is 0 Å². The van der Waals surface area contributed by atoms with Gasteiger partial charge in [-0.05, 0) is 43.4 Å². The Kier molecular flexibility index (Phi) is 2.65. The van der Waals surface area contributed by atoms with Gasteiger partial charge in [0.25, 0.3) is 0 Å². The van der Waals surface area contributed by atoms with Gasteiger partial charge in [0.05, 0.1) is 0 Å². The predicted molar refractivity (Wildman–Crippen MR) is 57.1 cm³/mol. The van der Waals surface area contributed by atoms with E-state index >= 15 is 0 Å². The Hall–Kier alpha value is -1.09. The van der Waals surface area contributed by atoms with Crippen LogP contribution >= 0.6 is 0 Å². The van der Waals surface area contributed by atoms with Crippen LogP contribution < -0.4 is 5.73 Å². The Morgan fingerprint density at radius 1 is 1.47 bits per heavy atom. The molecule has 0 heterocycles. The first kappa shape index (κ1) is 10.4. The first-order valence-corrected chi connectivity index (χ1v) is 5.34. The summed E-state index contributed by atoms with van der Waals surface area (Å²) in [6, 6.07) is 2.45. The molecule has 0 unspecified atom stereocenters. The zero-order valence-electron chi connectivity index (χ0n) is 8.83. The van der Waals surface area contributed by atoms with E-state index in [4.69, 9.17) is 5.73 Å². The molecule has 0 saturated heterocycles. The average molecular weight is 209 g/mol. The van der Waals surface area contributed by atoms with Gasteiger partial charge >= 0.3 is 0 Å². The Morgan fingerprint density at radius 3 is 2.67 bits per heavy atom. The Morgan fingerprint density at radius 2 is 2.13 bits per heavy atom. The standard InChI is InChI=1S/C12H16FNO/c1-7-5-9(13)6-10(12(7)15)11(14)8-3-2-4-8/h5-6,8,11,15H,2-4,14H2,1H3/t11-/m1/s1. The highest BCUT2D eigenvalue weighted by molar-refractivity contribution is 5.42. The summed E-state index contributed by atoms with van der Waals surface area (Å²) in [5, 5.41) is 9.81. The molecule has 15 heavy (non-hydrogen) atoms. The van der Waals surface area contributed by atoms with Crippen LogP contribution in [0.1, 0.15) is 36.4 Å². The summed E-state index contributed by atoms with van der Waals surface area (Å²) in [7, 11) is 0. The lowest BCUT2D eigenvalue weighted by atomic mass is 9.77. The quantitative estimate of drug-likeness (QED) is 0.786. The molecule has 1 aliphatic rings. The minimum atomic E-state index is -0.324. The van der Waals surface area contributed by atoms with Gasteiger partial charge in [-0.1, -0.05) is 6.42 Å². The second kappa shape index (κ2) is 3.81. The van der Waals surface area contributed by atoms with Crippen molar-refractivity contribution in [3.63, 3.8) is 0 Å². The number of phenolic OH excluding ortho intramolecular Hbond substituents is 1. The van der Waals surface area contributed by atoms with Crippen LogP contribution in [-0.4, -0.2) is 5.11 Å². The first-order chi connectivity index (χ1) is 7.09. The molecule has 2 rings (SSSR count). The molecule has 1 fully saturated rings. The van der Waals surface area contributed by atoms with Gasteiger partial charge in [0.1, 0.15) is 11.6 Å². The van der Waals surface area contributed by atoms with Gasteiger partial charge in [-0.3, -0.25) is 0 Å². The van der Waals surface area contributed by atoms with Crippen LogP contribution in [-0.2, 0) is 0 Å². The molecule has 82 valence electrons. The summed E-state index contributed by atoms with van der Waals surface area (Å²) in [6.45, 7) is 1.69. The lowest BCUT2D eigenvalue weighted by Gasteiger charge is -2.32. The summed E-state index contributed by atoms with van der Waals surface area (Å²) in [5.41, 5.74) is 7.12. The van der Waals surface area contributed by atoms with Crippen molar-refractivity contribution in [1.82, 2.24) is 0 Å². The van der Waals surface area contributed by atoms with E-state index in [1.54, 1.807) is 6.92 Å². The maximum absolute atomic E-state index is 13.2. The van der Waals surface area contributed by atoms with Gasteiger partial charge in [0.2, 0.25) is 0 Å². The van der Waals surface area contributed by atoms with Crippen molar-refractivity contribution in [2.75, 3.05) is 0 Å². The van der Waals surface area contributed by atoms with Crippen molar-refractivity contribution in [3.8, 4) is 5.75 Å². The number of hydrogen-bond donors (Lipinski definition) is 2. The molecule has 1 aliphatic carbocycles. The number of benzene rings is 1. The van der Waals surface area contributed by atoms with Crippen LogP contribution in [0.25, 0.3) is 0 Å². The van der Waals surface area contributed by atoms with Gasteiger partial charge in [-0.2, -0.15) is 0 Å². The highest BCUT2D eigenvalue weighted by atomic mass is 19.1. The second-order valence-electron chi connectivity index (χ2n) is 4.38. The molecule has 1 saturated carbocycles. The number of aryl methyl sites for hydroxylation is 1. The van der Waals surface area contributed by atoms with E-state index in [1.165, 1.54) is 18.6 Å². The molecular formula is C12H16FNO. The summed E-state index contributed by atoms with van der Waals surface area (Å²) >= 11 is 0. The highest BCUT2D eigenvalue weighted by Crippen LogP contribution is 2.39. The third-order valence-electron chi connectivity index (χ3n) is 3.31. The molecule has 0 radical (unpaired) electrons. The highest BCUT2D eigenvalue weighted by Gasteiger charge is 2.27. The SMILES string of the molecule is Cc1cc(F)cc([C@H](N)C2CCC2)c1O.